The van der Waals surface area contributed by atoms with Crippen molar-refractivity contribution in [3.8, 4) is 11.5 Å². The second-order valence-corrected chi connectivity index (χ2v) is 8.60. The molecule has 2 saturated carbocycles. The maximum absolute atomic E-state index is 13.1. The smallest absolute Gasteiger partial charge is 0.367 e. The van der Waals surface area contributed by atoms with Crippen LogP contribution in [0.5, 0.6) is 0 Å². The molecule has 0 spiro atoms. The molecule has 156 valence electrons. The minimum atomic E-state index is -4.49. The van der Waals surface area contributed by atoms with Crippen molar-refractivity contribution in [1.82, 2.24) is 15.0 Å². The molecular formula is C22H27F3N4. The molecule has 29 heavy (non-hydrogen) atoms. The molecule has 2 aromatic rings. The topological polar surface area (TPSA) is 50.7 Å². The van der Waals surface area contributed by atoms with Crippen molar-refractivity contribution in [2.24, 2.45) is 17.8 Å². The summed E-state index contributed by atoms with van der Waals surface area (Å²) in [6.45, 7) is 4.39. The molecule has 0 saturated heterocycles. The second kappa shape index (κ2) is 7.92. The molecule has 1 N–H and O–H groups in total. The number of hydrogen-bond acceptors (Lipinski definition) is 4. The highest BCUT2D eigenvalue weighted by atomic mass is 19.4. The Morgan fingerprint density at radius 1 is 1.03 bits per heavy atom. The SMILES string of the molecule is C[C@@H](CCc1cc(N[C@H](C)C2CC2)nc(-c2cccc(C(F)(F)F)n2)n1)C1CC1. The lowest BCUT2D eigenvalue weighted by Crippen LogP contribution is -2.19. The maximum atomic E-state index is 13.1. The van der Waals surface area contributed by atoms with Crippen LogP contribution in [0, 0.1) is 17.8 Å². The average molecular weight is 404 g/mol. The van der Waals surface area contributed by atoms with Gasteiger partial charge in [-0.2, -0.15) is 13.2 Å². The molecule has 2 aromatic heterocycles. The lowest BCUT2D eigenvalue weighted by Gasteiger charge is -2.16. The lowest BCUT2D eigenvalue weighted by atomic mass is 9.99. The van der Waals surface area contributed by atoms with Gasteiger partial charge in [-0.1, -0.05) is 13.0 Å². The molecule has 2 aliphatic rings. The van der Waals surface area contributed by atoms with Gasteiger partial charge in [-0.05, 0) is 75.3 Å². The van der Waals surface area contributed by atoms with Crippen LogP contribution in [0.4, 0.5) is 19.0 Å². The number of pyridine rings is 1. The Kier molecular flexibility index (Phi) is 5.49. The third-order valence-electron chi connectivity index (χ3n) is 6.04. The first-order chi connectivity index (χ1) is 13.8. The summed E-state index contributed by atoms with van der Waals surface area (Å²) in [5, 5.41) is 3.42. The summed E-state index contributed by atoms with van der Waals surface area (Å²) in [5.74, 6) is 3.01. The Morgan fingerprint density at radius 3 is 2.41 bits per heavy atom. The Labute approximate surface area is 169 Å². The monoisotopic (exact) mass is 404 g/mol. The zero-order chi connectivity index (χ0) is 20.6. The van der Waals surface area contributed by atoms with Crippen LogP contribution in [-0.4, -0.2) is 21.0 Å². The van der Waals surface area contributed by atoms with E-state index in [1.54, 1.807) is 0 Å². The van der Waals surface area contributed by atoms with Gasteiger partial charge in [0.1, 0.15) is 17.2 Å². The highest BCUT2D eigenvalue weighted by molar-refractivity contribution is 5.54. The van der Waals surface area contributed by atoms with Gasteiger partial charge in [0.25, 0.3) is 0 Å². The first-order valence-electron chi connectivity index (χ1n) is 10.5. The number of alkyl halides is 3. The molecular weight excluding hydrogens is 377 g/mol. The molecule has 4 rings (SSSR count). The van der Waals surface area contributed by atoms with Crippen molar-refractivity contribution in [3.05, 3.63) is 35.7 Å². The van der Waals surface area contributed by atoms with Crippen LogP contribution in [0.3, 0.4) is 0 Å². The van der Waals surface area contributed by atoms with E-state index in [4.69, 9.17) is 0 Å². The standard InChI is InChI=1S/C22H27F3N4/c1-13(15-7-8-15)6-11-17-12-20(26-14(2)16-9-10-16)29-21(27-17)18-4-3-5-19(28-18)22(23,24)25/h3-5,12-16H,6-11H2,1-2H3,(H,26,27,29)/t13-,14+/m0/s1. The van der Waals surface area contributed by atoms with Gasteiger partial charge in [-0.15, -0.1) is 0 Å². The Morgan fingerprint density at radius 2 is 1.76 bits per heavy atom. The van der Waals surface area contributed by atoms with Crippen LogP contribution in [0.1, 0.15) is 57.3 Å². The van der Waals surface area contributed by atoms with Gasteiger partial charge in [0, 0.05) is 17.8 Å². The Bertz CT molecular complexity index is 859. The van der Waals surface area contributed by atoms with E-state index >= 15 is 0 Å². The molecule has 0 amide bonds. The van der Waals surface area contributed by atoms with Crippen molar-refractivity contribution in [2.75, 3.05) is 5.32 Å². The van der Waals surface area contributed by atoms with E-state index in [1.807, 2.05) is 6.07 Å². The molecule has 0 aliphatic heterocycles. The van der Waals surface area contributed by atoms with Gasteiger partial charge in [0.15, 0.2) is 5.82 Å². The summed E-state index contributed by atoms with van der Waals surface area (Å²) in [6.07, 6.45) is 2.33. The number of aromatic nitrogens is 3. The van der Waals surface area contributed by atoms with E-state index in [0.29, 0.717) is 17.7 Å². The summed E-state index contributed by atoms with van der Waals surface area (Å²) in [5.41, 5.74) is 0.0819. The number of nitrogens with one attached hydrogen (secondary N) is 1. The summed E-state index contributed by atoms with van der Waals surface area (Å²) < 4.78 is 39.3. The molecule has 2 aliphatic carbocycles. The highest BCUT2D eigenvalue weighted by Crippen LogP contribution is 2.39. The predicted octanol–water partition coefficient (Wildman–Crippen LogP) is 5.75. The van der Waals surface area contributed by atoms with Crippen molar-refractivity contribution in [1.29, 1.82) is 0 Å². The van der Waals surface area contributed by atoms with Crippen LogP contribution in [0.25, 0.3) is 11.5 Å². The maximum Gasteiger partial charge on any atom is 0.433 e. The van der Waals surface area contributed by atoms with Gasteiger partial charge in [-0.25, -0.2) is 15.0 Å². The third-order valence-corrected chi connectivity index (χ3v) is 6.04. The number of nitrogens with zero attached hydrogens (tertiary/aromatic N) is 3. The lowest BCUT2D eigenvalue weighted by molar-refractivity contribution is -0.141. The van der Waals surface area contributed by atoms with E-state index in [9.17, 15) is 13.2 Å². The Balaban J connectivity index is 1.61. The summed E-state index contributed by atoms with van der Waals surface area (Å²) in [4.78, 5) is 12.8. The van der Waals surface area contributed by atoms with E-state index in [0.717, 1.165) is 30.5 Å². The van der Waals surface area contributed by atoms with Gasteiger partial charge in [0.2, 0.25) is 0 Å². The Hall–Kier alpha value is -2.18. The van der Waals surface area contributed by atoms with Gasteiger partial charge in [0.05, 0.1) is 0 Å². The number of halogens is 3. The fourth-order valence-electron chi connectivity index (χ4n) is 3.76. The molecule has 7 heteroatoms. The van der Waals surface area contributed by atoms with Crippen molar-refractivity contribution in [2.45, 2.75) is 64.6 Å². The first-order valence-corrected chi connectivity index (χ1v) is 10.5. The largest absolute Gasteiger partial charge is 0.433 e. The molecule has 2 atom stereocenters. The quantitative estimate of drug-likeness (QED) is 0.609. The zero-order valence-corrected chi connectivity index (χ0v) is 16.8. The molecule has 2 heterocycles. The summed E-state index contributed by atoms with van der Waals surface area (Å²) in [6, 6.07) is 6.09. The normalized spacial score (nSPS) is 19.1. The second-order valence-electron chi connectivity index (χ2n) is 8.60. The zero-order valence-electron chi connectivity index (χ0n) is 16.8. The fourth-order valence-corrected chi connectivity index (χ4v) is 3.76. The van der Waals surface area contributed by atoms with Crippen molar-refractivity contribution < 1.29 is 13.2 Å². The molecule has 2 fully saturated rings. The number of anilines is 1. The predicted molar refractivity (Wildman–Crippen MR) is 106 cm³/mol. The van der Waals surface area contributed by atoms with Crippen molar-refractivity contribution >= 4 is 5.82 Å². The average Bonchev–Trinajstić information content (AvgIpc) is 3.57. The van der Waals surface area contributed by atoms with Gasteiger partial charge < -0.3 is 5.32 Å². The molecule has 0 bridgehead atoms. The van der Waals surface area contributed by atoms with Crippen molar-refractivity contribution in [3.63, 3.8) is 0 Å². The van der Waals surface area contributed by atoms with Gasteiger partial charge in [-0.3, -0.25) is 0 Å². The molecule has 0 unspecified atom stereocenters. The van der Waals surface area contributed by atoms with E-state index in [-0.39, 0.29) is 17.6 Å². The minimum absolute atomic E-state index is 0.152. The van der Waals surface area contributed by atoms with Crippen LogP contribution >= 0.6 is 0 Å². The fraction of sp³-hybridized carbons (Fsp3) is 0.591. The molecule has 0 aromatic carbocycles. The van der Waals surface area contributed by atoms with Crippen LogP contribution in [0.15, 0.2) is 24.3 Å². The first kappa shape index (κ1) is 20.1. The number of rotatable bonds is 8. The van der Waals surface area contributed by atoms with E-state index in [1.165, 1.54) is 37.8 Å². The van der Waals surface area contributed by atoms with E-state index in [2.05, 4.69) is 34.1 Å². The minimum Gasteiger partial charge on any atom is -0.367 e. The summed E-state index contributed by atoms with van der Waals surface area (Å²) in [7, 11) is 0. The number of aryl methyl sites for hydroxylation is 1. The van der Waals surface area contributed by atoms with Crippen LogP contribution in [-0.2, 0) is 12.6 Å². The van der Waals surface area contributed by atoms with Crippen LogP contribution in [0.2, 0.25) is 0 Å². The third kappa shape index (κ3) is 5.25. The summed E-state index contributed by atoms with van der Waals surface area (Å²) >= 11 is 0. The molecule has 4 nitrogen and oxygen atoms in total. The number of hydrogen-bond donors (Lipinski definition) is 1. The molecule has 0 radical (unpaired) electrons. The van der Waals surface area contributed by atoms with Gasteiger partial charge >= 0.3 is 6.18 Å². The van der Waals surface area contributed by atoms with E-state index < -0.39 is 11.9 Å². The van der Waals surface area contributed by atoms with Crippen LogP contribution < -0.4 is 5.32 Å². The highest BCUT2D eigenvalue weighted by Gasteiger charge is 2.33.